The number of likely N-dealkylation sites (tertiary alicyclic amines) is 2. The monoisotopic (exact) mass is 780 g/mol. The first kappa shape index (κ1) is 35.9. The highest BCUT2D eigenvalue weighted by Crippen LogP contribution is 2.40. The number of carbonyl (C=O) groups is 4. The van der Waals surface area contributed by atoms with Crippen LogP contribution in [0, 0.1) is 11.8 Å². The van der Waals surface area contributed by atoms with Gasteiger partial charge in [-0.1, -0.05) is 36.4 Å². The zero-order valence-corrected chi connectivity index (χ0v) is 31.8. The van der Waals surface area contributed by atoms with Crippen molar-refractivity contribution < 1.29 is 29.4 Å². The van der Waals surface area contributed by atoms with E-state index in [0.29, 0.717) is 13.1 Å². The molecule has 0 bridgehead atoms. The summed E-state index contributed by atoms with van der Waals surface area (Å²) in [7, 11) is 0. The first-order valence-corrected chi connectivity index (χ1v) is 20.3. The fourth-order valence-corrected chi connectivity index (χ4v) is 9.21. The van der Waals surface area contributed by atoms with E-state index in [1.807, 2.05) is 12.1 Å². The van der Waals surface area contributed by atoms with Crippen LogP contribution < -0.4 is 10.6 Å². The van der Waals surface area contributed by atoms with E-state index in [9.17, 15) is 29.4 Å². The Morgan fingerprint density at radius 3 is 1.36 bits per heavy atom. The van der Waals surface area contributed by atoms with Gasteiger partial charge in [-0.15, -0.1) is 0 Å². The molecule has 6 N–H and O–H groups in total. The molecule has 0 unspecified atom stereocenters. The van der Waals surface area contributed by atoms with E-state index in [1.54, 1.807) is 9.80 Å². The maximum absolute atomic E-state index is 13.5. The van der Waals surface area contributed by atoms with Gasteiger partial charge in [0.05, 0.1) is 34.2 Å². The Morgan fingerprint density at radius 1 is 0.569 bits per heavy atom. The third-order valence-electron chi connectivity index (χ3n) is 12.5. The van der Waals surface area contributed by atoms with Crippen LogP contribution >= 0.6 is 0 Å². The third kappa shape index (κ3) is 6.75. The number of H-pyrrole nitrogens is 2. The number of aromatic amines is 2. The highest BCUT2D eigenvalue weighted by Gasteiger charge is 2.44. The van der Waals surface area contributed by atoms with Crippen LogP contribution in [0.4, 0.5) is 9.59 Å². The first-order valence-electron chi connectivity index (χ1n) is 20.3. The minimum Gasteiger partial charge on any atom is -0.465 e. The van der Waals surface area contributed by atoms with E-state index in [0.717, 1.165) is 118 Å². The van der Waals surface area contributed by atoms with Gasteiger partial charge in [0.2, 0.25) is 11.8 Å². The Hall–Kier alpha value is -6.44. The Kier molecular flexibility index (Phi) is 8.79. The fourth-order valence-electron chi connectivity index (χ4n) is 9.21. The molecular weight excluding hydrogens is 737 g/mol. The summed E-state index contributed by atoms with van der Waals surface area (Å²) < 4.78 is 0. The van der Waals surface area contributed by atoms with Crippen LogP contribution in [0.2, 0.25) is 0 Å². The lowest BCUT2D eigenvalue weighted by molar-refractivity contribution is -0.135. The van der Waals surface area contributed by atoms with Gasteiger partial charge in [0.15, 0.2) is 0 Å². The molecule has 2 aliphatic carbocycles. The maximum atomic E-state index is 13.5. The fraction of sp³-hybridized carbons (Fsp3) is 0.364. The van der Waals surface area contributed by atoms with Crippen LogP contribution in [0.1, 0.15) is 75.1 Å². The number of rotatable bonds is 10. The minimum atomic E-state index is -1.17. The van der Waals surface area contributed by atoms with Crippen LogP contribution in [0.25, 0.3) is 55.1 Å². The number of nitrogens with one attached hydrogen (secondary N) is 4. The second kappa shape index (κ2) is 14.2. The number of carbonyl (C=O) groups excluding carboxylic acids is 2. The SMILES string of the molecule is O=C(O)N[C@H](C(=O)N1CCC[C@H]1c1nc2cc(-c3ccc4cc(-c5ccc6[nH]c([C@@H]7CCCN7C(=O)[C@@H](NC(=O)O)C7CC7)nc6c5)ccc4c3)ccc2[nH]1)C1CC1. The van der Waals surface area contributed by atoms with Crippen molar-refractivity contribution in [2.24, 2.45) is 11.8 Å². The van der Waals surface area contributed by atoms with Crippen molar-refractivity contribution in [3.05, 3.63) is 84.4 Å². The van der Waals surface area contributed by atoms with E-state index in [2.05, 4.69) is 81.3 Å². The number of fused-ring (bicyclic) bond motifs is 3. The Labute approximate surface area is 333 Å². The second-order valence-electron chi connectivity index (χ2n) is 16.4. The lowest BCUT2D eigenvalue weighted by Crippen LogP contribution is -2.49. The zero-order valence-electron chi connectivity index (χ0n) is 31.8. The Morgan fingerprint density at radius 2 is 0.966 bits per heavy atom. The number of hydrogen-bond acceptors (Lipinski definition) is 6. The smallest absolute Gasteiger partial charge is 0.405 e. The van der Waals surface area contributed by atoms with E-state index in [-0.39, 0.29) is 35.7 Å². The zero-order chi connectivity index (χ0) is 39.7. The molecule has 4 aliphatic rings. The summed E-state index contributed by atoms with van der Waals surface area (Å²) in [5, 5.41) is 25.8. The Bertz CT molecular complexity index is 2450. The van der Waals surface area contributed by atoms with Crippen LogP contribution in [-0.4, -0.2) is 89.1 Å². The van der Waals surface area contributed by atoms with Crippen molar-refractivity contribution in [1.29, 1.82) is 0 Å². The number of benzene rings is 4. The molecule has 4 atom stereocenters. The quantitative estimate of drug-likeness (QED) is 0.0830. The molecule has 0 radical (unpaired) electrons. The highest BCUT2D eigenvalue weighted by atomic mass is 16.4. The van der Waals surface area contributed by atoms with Crippen molar-refractivity contribution in [2.45, 2.75) is 75.5 Å². The van der Waals surface area contributed by atoms with Crippen molar-refractivity contribution >= 4 is 56.8 Å². The molecule has 14 heteroatoms. The summed E-state index contributed by atoms with van der Waals surface area (Å²) in [6.45, 7) is 1.15. The normalized spacial score (nSPS) is 20.5. The second-order valence-corrected chi connectivity index (χ2v) is 16.4. The number of hydrogen-bond donors (Lipinski definition) is 6. The number of carboxylic acid groups (broad SMARTS) is 2. The summed E-state index contributed by atoms with van der Waals surface area (Å²) in [5.41, 5.74) is 7.56. The maximum Gasteiger partial charge on any atom is 0.405 e. The number of aromatic nitrogens is 4. The topological polar surface area (TPSA) is 197 Å². The van der Waals surface area contributed by atoms with E-state index < -0.39 is 24.3 Å². The molecule has 4 aromatic carbocycles. The summed E-state index contributed by atoms with van der Waals surface area (Å²) in [6, 6.07) is 23.3. The van der Waals surface area contributed by atoms with Gasteiger partial charge >= 0.3 is 12.2 Å². The summed E-state index contributed by atoms with van der Waals surface area (Å²) >= 11 is 0. The molecule has 296 valence electrons. The van der Waals surface area contributed by atoms with Gasteiger partial charge < -0.3 is 40.6 Å². The summed E-state index contributed by atoms with van der Waals surface area (Å²) in [6.07, 6.45) is 4.28. The molecule has 10 rings (SSSR count). The van der Waals surface area contributed by atoms with Gasteiger partial charge in [-0.2, -0.15) is 0 Å². The van der Waals surface area contributed by atoms with Crippen molar-refractivity contribution in [1.82, 2.24) is 40.4 Å². The number of imidazole rings is 2. The average molecular weight is 781 g/mol. The predicted octanol–water partition coefficient (Wildman–Crippen LogP) is 7.35. The molecule has 4 fully saturated rings. The molecule has 6 aromatic rings. The highest BCUT2D eigenvalue weighted by molar-refractivity contribution is 5.93. The lowest BCUT2D eigenvalue weighted by atomic mass is 9.97. The standard InChI is InChI=1S/C44H44N8O6/c53-41(37(23-5-6-23)49-43(55)56)51-17-1-3-35(51)39-45-31-15-13-29(21-33(31)47-39)27-11-9-26-20-28(12-10-25(26)19-27)30-14-16-32-34(22-30)48-40(46-32)36-4-2-18-52(36)42(54)38(24-7-8-24)50-44(57)58/h9-16,19-24,35-38,49-50H,1-8,17-18H2,(H,45,47)(H,46,48)(H,55,56)(H,57,58)/t35-,36-,37-,38-/m0/s1. The molecule has 4 amide bonds. The van der Waals surface area contributed by atoms with Gasteiger partial charge in [-0.3, -0.25) is 9.59 Å². The van der Waals surface area contributed by atoms with E-state index in [1.165, 1.54) is 0 Å². The molecule has 0 spiro atoms. The van der Waals surface area contributed by atoms with Crippen LogP contribution in [0.3, 0.4) is 0 Å². The average Bonchev–Trinajstić information content (AvgIpc) is 4.00. The largest absolute Gasteiger partial charge is 0.465 e. The van der Waals surface area contributed by atoms with Gasteiger partial charge in [-0.25, -0.2) is 19.6 Å². The van der Waals surface area contributed by atoms with Crippen molar-refractivity contribution in [2.75, 3.05) is 13.1 Å². The van der Waals surface area contributed by atoms with Crippen molar-refractivity contribution in [3.63, 3.8) is 0 Å². The summed E-state index contributed by atoms with van der Waals surface area (Å²) in [5.74, 6) is 1.23. The number of amides is 4. The van der Waals surface area contributed by atoms with Gasteiger partial charge in [-0.05, 0) is 133 Å². The lowest BCUT2D eigenvalue weighted by Gasteiger charge is -2.27. The summed E-state index contributed by atoms with van der Waals surface area (Å²) in [4.78, 5) is 70.3. The molecule has 14 nitrogen and oxygen atoms in total. The Balaban J connectivity index is 0.863. The molecule has 2 aliphatic heterocycles. The molecule has 4 heterocycles. The molecule has 58 heavy (non-hydrogen) atoms. The minimum absolute atomic E-state index is 0.0591. The third-order valence-corrected chi connectivity index (χ3v) is 12.5. The first-order chi connectivity index (χ1) is 28.2. The van der Waals surface area contributed by atoms with Gasteiger partial charge in [0, 0.05) is 13.1 Å². The molecule has 2 saturated carbocycles. The number of nitrogens with zero attached hydrogens (tertiary/aromatic N) is 4. The molecule has 2 aromatic heterocycles. The van der Waals surface area contributed by atoms with Crippen LogP contribution in [-0.2, 0) is 9.59 Å². The molecular formula is C44H44N8O6. The molecule has 2 saturated heterocycles. The van der Waals surface area contributed by atoms with E-state index >= 15 is 0 Å². The van der Waals surface area contributed by atoms with Crippen molar-refractivity contribution in [3.8, 4) is 22.3 Å². The van der Waals surface area contributed by atoms with Gasteiger partial charge in [0.1, 0.15) is 23.7 Å². The van der Waals surface area contributed by atoms with Crippen LogP contribution in [0.5, 0.6) is 0 Å². The van der Waals surface area contributed by atoms with E-state index in [4.69, 9.17) is 9.97 Å². The van der Waals surface area contributed by atoms with Crippen LogP contribution in [0.15, 0.2) is 72.8 Å². The van der Waals surface area contributed by atoms with Gasteiger partial charge in [0.25, 0.3) is 0 Å². The predicted molar refractivity (Wildman–Crippen MR) is 217 cm³/mol.